The van der Waals surface area contributed by atoms with Crippen molar-refractivity contribution in [2.24, 2.45) is 5.73 Å². The van der Waals surface area contributed by atoms with Gasteiger partial charge < -0.3 is 20.7 Å². The number of unbranched alkanes of at least 4 members (excludes halogenated alkanes) is 3. The molecule has 2 aromatic rings. The van der Waals surface area contributed by atoms with E-state index in [9.17, 15) is 0 Å². The van der Waals surface area contributed by atoms with Gasteiger partial charge in [-0.1, -0.05) is 12.8 Å². The lowest BCUT2D eigenvalue weighted by Gasteiger charge is -2.28. The van der Waals surface area contributed by atoms with Crippen molar-refractivity contribution in [3.63, 3.8) is 0 Å². The molecule has 1 saturated heterocycles. The van der Waals surface area contributed by atoms with E-state index in [0.717, 1.165) is 69.5 Å². The van der Waals surface area contributed by atoms with Crippen molar-refractivity contribution >= 4 is 33.3 Å². The number of fused-ring (bicyclic) bond motifs is 1. The summed E-state index contributed by atoms with van der Waals surface area (Å²) in [6.07, 6.45) is 4.62. The second-order valence-corrected chi connectivity index (χ2v) is 6.65. The molecule has 0 aromatic carbocycles. The maximum Gasteiger partial charge on any atom is 0.225 e. The van der Waals surface area contributed by atoms with Crippen LogP contribution in [0.5, 0.6) is 0 Å². The van der Waals surface area contributed by atoms with Gasteiger partial charge in [-0.15, -0.1) is 11.3 Å². The molecule has 0 bridgehead atoms. The second-order valence-electron chi connectivity index (χ2n) is 5.73. The number of thiophene rings is 1. The molecule has 3 N–H and O–H groups in total. The van der Waals surface area contributed by atoms with E-state index in [1.807, 2.05) is 0 Å². The smallest absolute Gasteiger partial charge is 0.225 e. The molecule has 0 amide bonds. The monoisotopic (exact) mass is 335 g/mol. The van der Waals surface area contributed by atoms with Gasteiger partial charge >= 0.3 is 0 Å². The molecule has 0 spiro atoms. The number of nitrogens with one attached hydrogen (secondary N) is 1. The molecule has 23 heavy (non-hydrogen) atoms. The Morgan fingerprint density at radius 3 is 2.83 bits per heavy atom. The van der Waals surface area contributed by atoms with Crippen molar-refractivity contribution < 1.29 is 4.74 Å². The maximum atomic E-state index is 5.52. The molecular formula is C16H25N5OS. The molecule has 0 aliphatic carbocycles. The molecule has 3 heterocycles. The van der Waals surface area contributed by atoms with Gasteiger partial charge in [-0.25, -0.2) is 4.98 Å². The Bertz CT molecular complexity index is 612. The van der Waals surface area contributed by atoms with Crippen LogP contribution in [-0.2, 0) is 4.74 Å². The van der Waals surface area contributed by atoms with Crippen molar-refractivity contribution in [2.75, 3.05) is 49.6 Å². The van der Waals surface area contributed by atoms with Gasteiger partial charge in [0, 0.05) is 19.6 Å². The van der Waals surface area contributed by atoms with Gasteiger partial charge in [0.1, 0.15) is 0 Å². The minimum Gasteiger partial charge on any atom is -0.378 e. The van der Waals surface area contributed by atoms with E-state index in [4.69, 9.17) is 15.5 Å². The molecule has 1 aliphatic heterocycles. The van der Waals surface area contributed by atoms with Gasteiger partial charge in [0.25, 0.3) is 0 Å². The standard InChI is InChI=1S/C16H25N5OS/c17-6-3-1-2-4-7-18-16-19-13-5-12-23-14(13)15(20-16)21-8-10-22-11-9-21/h5,12H,1-4,6-11,17H2,(H,18,19,20). The van der Waals surface area contributed by atoms with Gasteiger partial charge in [-0.05, 0) is 30.8 Å². The van der Waals surface area contributed by atoms with Crippen molar-refractivity contribution in [3.8, 4) is 0 Å². The Kier molecular flexibility index (Phi) is 6.01. The number of ether oxygens (including phenoxy) is 1. The Labute approximate surface area is 141 Å². The van der Waals surface area contributed by atoms with E-state index < -0.39 is 0 Å². The Hall–Kier alpha value is -1.44. The number of morpholine rings is 1. The molecular weight excluding hydrogens is 310 g/mol. The van der Waals surface area contributed by atoms with E-state index in [1.165, 1.54) is 17.5 Å². The highest BCUT2D eigenvalue weighted by molar-refractivity contribution is 7.17. The summed E-state index contributed by atoms with van der Waals surface area (Å²) in [6, 6.07) is 2.07. The second kappa shape index (κ2) is 8.42. The van der Waals surface area contributed by atoms with Crippen LogP contribution in [0.1, 0.15) is 25.7 Å². The largest absolute Gasteiger partial charge is 0.378 e. The van der Waals surface area contributed by atoms with E-state index in [0.29, 0.717) is 0 Å². The summed E-state index contributed by atoms with van der Waals surface area (Å²) in [4.78, 5) is 11.7. The first-order valence-electron chi connectivity index (χ1n) is 8.40. The average molecular weight is 335 g/mol. The van der Waals surface area contributed by atoms with Crippen LogP contribution < -0.4 is 16.0 Å². The summed E-state index contributed by atoms with van der Waals surface area (Å²) in [7, 11) is 0. The number of nitrogens with zero attached hydrogens (tertiary/aromatic N) is 3. The summed E-state index contributed by atoms with van der Waals surface area (Å²) in [5.41, 5.74) is 6.54. The molecule has 3 rings (SSSR count). The van der Waals surface area contributed by atoms with Crippen LogP contribution in [0.4, 0.5) is 11.8 Å². The molecule has 1 fully saturated rings. The summed E-state index contributed by atoms with van der Waals surface area (Å²) >= 11 is 1.71. The third-order valence-corrected chi connectivity index (χ3v) is 4.91. The molecule has 7 heteroatoms. The van der Waals surface area contributed by atoms with Crippen LogP contribution in [0, 0.1) is 0 Å². The molecule has 1 aliphatic rings. The minimum absolute atomic E-state index is 0.733. The van der Waals surface area contributed by atoms with Gasteiger partial charge in [-0.3, -0.25) is 0 Å². The Balaban J connectivity index is 1.66. The third-order valence-electron chi connectivity index (χ3n) is 4.01. The number of rotatable bonds is 8. The highest BCUT2D eigenvalue weighted by atomic mass is 32.1. The number of anilines is 2. The van der Waals surface area contributed by atoms with E-state index >= 15 is 0 Å². The van der Waals surface area contributed by atoms with Crippen molar-refractivity contribution in [3.05, 3.63) is 11.4 Å². The summed E-state index contributed by atoms with van der Waals surface area (Å²) in [5.74, 6) is 1.77. The molecule has 0 radical (unpaired) electrons. The van der Waals surface area contributed by atoms with E-state index in [2.05, 4.69) is 26.6 Å². The van der Waals surface area contributed by atoms with Crippen molar-refractivity contribution in [2.45, 2.75) is 25.7 Å². The lowest BCUT2D eigenvalue weighted by molar-refractivity contribution is 0.122. The lowest BCUT2D eigenvalue weighted by atomic mass is 10.2. The fourth-order valence-electron chi connectivity index (χ4n) is 2.74. The summed E-state index contributed by atoms with van der Waals surface area (Å²) in [5, 5.41) is 5.46. The van der Waals surface area contributed by atoms with Crippen LogP contribution >= 0.6 is 11.3 Å². The van der Waals surface area contributed by atoms with Crippen molar-refractivity contribution in [1.29, 1.82) is 0 Å². The van der Waals surface area contributed by atoms with Crippen molar-refractivity contribution in [1.82, 2.24) is 9.97 Å². The summed E-state index contributed by atoms with van der Waals surface area (Å²) < 4.78 is 6.62. The normalized spacial score (nSPS) is 15.3. The first-order valence-corrected chi connectivity index (χ1v) is 9.28. The van der Waals surface area contributed by atoms with Crippen LogP contribution in [0.15, 0.2) is 11.4 Å². The van der Waals surface area contributed by atoms with Crippen LogP contribution in [-0.4, -0.2) is 49.4 Å². The summed E-state index contributed by atoms with van der Waals surface area (Å²) in [6.45, 7) is 5.00. The van der Waals surface area contributed by atoms with E-state index in [-0.39, 0.29) is 0 Å². The zero-order chi connectivity index (χ0) is 15.9. The quantitative estimate of drug-likeness (QED) is 0.722. The molecule has 0 unspecified atom stereocenters. The van der Waals surface area contributed by atoms with Crippen LogP contribution in [0.3, 0.4) is 0 Å². The molecule has 0 atom stereocenters. The van der Waals surface area contributed by atoms with Crippen LogP contribution in [0.25, 0.3) is 10.2 Å². The topological polar surface area (TPSA) is 76.3 Å². The predicted octanol–water partition coefficient (Wildman–Crippen LogP) is 2.46. The molecule has 6 nitrogen and oxygen atoms in total. The van der Waals surface area contributed by atoms with Gasteiger partial charge in [-0.2, -0.15) is 4.98 Å². The number of hydrogen-bond donors (Lipinski definition) is 2. The third kappa shape index (κ3) is 4.31. The minimum atomic E-state index is 0.733. The fraction of sp³-hybridized carbons (Fsp3) is 0.625. The fourth-order valence-corrected chi connectivity index (χ4v) is 3.59. The molecule has 2 aromatic heterocycles. The Morgan fingerprint density at radius 2 is 2.00 bits per heavy atom. The van der Waals surface area contributed by atoms with E-state index in [1.54, 1.807) is 11.3 Å². The number of nitrogens with two attached hydrogens (primary N) is 1. The number of hydrogen-bond acceptors (Lipinski definition) is 7. The highest BCUT2D eigenvalue weighted by Crippen LogP contribution is 2.30. The maximum absolute atomic E-state index is 5.52. The van der Waals surface area contributed by atoms with Gasteiger partial charge in [0.2, 0.25) is 5.95 Å². The van der Waals surface area contributed by atoms with Crippen LogP contribution in [0.2, 0.25) is 0 Å². The lowest BCUT2D eigenvalue weighted by Crippen LogP contribution is -2.37. The van der Waals surface area contributed by atoms with Gasteiger partial charge in [0.05, 0.1) is 23.4 Å². The molecule has 0 saturated carbocycles. The first kappa shape index (κ1) is 16.4. The average Bonchev–Trinajstić information content (AvgIpc) is 3.06. The Morgan fingerprint density at radius 1 is 1.17 bits per heavy atom. The SMILES string of the molecule is NCCCCCCNc1nc(N2CCOCC2)c2sccc2n1. The predicted molar refractivity (Wildman–Crippen MR) is 96.5 cm³/mol. The molecule has 126 valence electrons. The number of aromatic nitrogens is 2. The highest BCUT2D eigenvalue weighted by Gasteiger charge is 2.18. The zero-order valence-corrected chi connectivity index (χ0v) is 14.3. The first-order chi connectivity index (χ1) is 11.4. The zero-order valence-electron chi connectivity index (χ0n) is 13.5. The van der Waals surface area contributed by atoms with Gasteiger partial charge in [0.15, 0.2) is 5.82 Å².